The number of nitrogens with two attached hydrogens (primary N) is 1. The highest BCUT2D eigenvalue weighted by Crippen LogP contribution is 2.23. The van der Waals surface area contributed by atoms with Gasteiger partial charge in [-0.1, -0.05) is 63.6 Å². The molecule has 5 heteroatoms. The molecule has 0 amide bonds. The lowest BCUT2D eigenvalue weighted by molar-refractivity contribution is 0.367. The fraction of sp³-hybridized carbons (Fsp3) is 0.0667. The molecule has 0 bridgehead atoms. The smallest absolute Gasteiger partial charge is 0.248 e. The highest BCUT2D eigenvalue weighted by molar-refractivity contribution is 9.10. The molecule has 0 aliphatic rings. The number of halogens is 1. The van der Waals surface area contributed by atoms with E-state index in [1.165, 1.54) is 0 Å². The summed E-state index contributed by atoms with van der Waals surface area (Å²) in [5, 5.41) is 3.99. The minimum atomic E-state index is -0.412. The molecule has 1 heterocycles. The zero-order valence-electron chi connectivity index (χ0n) is 10.5. The minimum absolute atomic E-state index is 0.408. The van der Waals surface area contributed by atoms with Gasteiger partial charge in [-0.15, -0.1) is 0 Å². The molecule has 100 valence electrons. The van der Waals surface area contributed by atoms with Gasteiger partial charge in [0.2, 0.25) is 11.7 Å². The summed E-state index contributed by atoms with van der Waals surface area (Å²) in [6.45, 7) is 0. The molecule has 0 aliphatic heterocycles. The van der Waals surface area contributed by atoms with E-state index >= 15 is 0 Å². The number of rotatable bonds is 3. The summed E-state index contributed by atoms with van der Waals surface area (Å²) in [4.78, 5) is 4.37. The summed E-state index contributed by atoms with van der Waals surface area (Å²) in [5.74, 6) is 0.943. The monoisotopic (exact) mass is 329 g/mol. The molecule has 20 heavy (non-hydrogen) atoms. The largest absolute Gasteiger partial charge is 0.337 e. The van der Waals surface area contributed by atoms with Gasteiger partial charge in [-0.3, -0.25) is 0 Å². The summed E-state index contributed by atoms with van der Waals surface area (Å²) >= 11 is 3.42. The predicted molar refractivity (Wildman–Crippen MR) is 79.9 cm³/mol. The van der Waals surface area contributed by atoms with Crippen molar-refractivity contribution < 1.29 is 4.52 Å². The lowest BCUT2D eigenvalue weighted by Gasteiger charge is -2.05. The second-order valence-electron chi connectivity index (χ2n) is 4.35. The molecule has 0 fully saturated rings. The highest BCUT2D eigenvalue weighted by Gasteiger charge is 2.17. The standard InChI is InChI=1S/C15H12BrN3O/c16-12-8-4-7-11(9-12)14-18-15(20-19-14)13(17)10-5-2-1-3-6-10/h1-9,13H,17H2/t13-/m0/s1. The number of nitrogens with zero attached hydrogens (tertiary/aromatic N) is 2. The fourth-order valence-corrected chi connectivity index (χ4v) is 2.31. The molecular weight excluding hydrogens is 318 g/mol. The van der Waals surface area contributed by atoms with E-state index in [9.17, 15) is 0 Å². The van der Waals surface area contributed by atoms with Crippen molar-refractivity contribution in [3.63, 3.8) is 0 Å². The molecule has 2 N–H and O–H groups in total. The van der Waals surface area contributed by atoms with Gasteiger partial charge in [0.05, 0.1) is 0 Å². The first kappa shape index (κ1) is 13.0. The first-order valence-electron chi connectivity index (χ1n) is 6.14. The quantitative estimate of drug-likeness (QED) is 0.798. The maximum atomic E-state index is 6.13. The molecule has 0 saturated carbocycles. The Morgan fingerprint density at radius 1 is 1.05 bits per heavy atom. The Hall–Kier alpha value is -1.98. The number of hydrogen-bond acceptors (Lipinski definition) is 4. The number of aromatic nitrogens is 2. The lowest BCUT2D eigenvalue weighted by Crippen LogP contribution is -2.11. The van der Waals surface area contributed by atoms with E-state index in [1.807, 2.05) is 54.6 Å². The van der Waals surface area contributed by atoms with Crippen molar-refractivity contribution in [3.8, 4) is 11.4 Å². The summed E-state index contributed by atoms with van der Waals surface area (Å²) in [5.41, 5.74) is 7.96. The van der Waals surface area contributed by atoms with Gasteiger partial charge in [0.25, 0.3) is 0 Å². The average molecular weight is 330 g/mol. The van der Waals surface area contributed by atoms with Crippen LogP contribution >= 0.6 is 15.9 Å². The van der Waals surface area contributed by atoms with E-state index in [1.54, 1.807) is 0 Å². The van der Waals surface area contributed by atoms with Crippen LogP contribution in [-0.2, 0) is 0 Å². The van der Waals surface area contributed by atoms with Gasteiger partial charge in [-0.2, -0.15) is 4.98 Å². The molecule has 2 aromatic carbocycles. The maximum Gasteiger partial charge on any atom is 0.248 e. The Bertz CT molecular complexity index is 712. The molecule has 4 nitrogen and oxygen atoms in total. The Kier molecular flexibility index (Phi) is 3.62. The summed E-state index contributed by atoms with van der Waals surface area (Å²) in [7, 11) is 0. The minimum Gasteiger partial charge on any atom is -0.337 e. The van der Waals surface area contributed by atoms with E-state index in [4.69, 9.17) is 10.3 Å². The van der Waals surface area contributed by atoms with Crippen LogP contribution in [0.3, 0.4) is 0 Å². The zero-order chi connectivity index (χ0) is 13.9. The normalized spacial score (nSPS) is 12.3. The Morgan fingerprint density at radius 2 is 1.85 bits per heavy atom. The zero-order valence-corrected chi connectivity index (χ0v) is 12.1. The molecule has 3 rings (SSSR count). The van der Waals surface area contributed by atoms with Gasteiger partial charge < -0.3 is 10.3 Å². The second-order valence-corrected chi connectivity index (χ2v) is 5.27. The third-order valence-electron chi connectivity index (χ3n) is 2.95. The van der Waals surface area contributed by atoms with Gasteiger partial charge in [0, 0.05) is 10.0 Å². The lowest BCUT2D eigenvalue weighted by atomic mass is 10.1. The third-order valence-corrected chi connectivity index (χ3v) is 3.44. The third kappa shape index (κ3) is 2.64. The van der Waals surface area contributed by atoms with Crippen LogP contribution in [0.5, 0.6) is 0 Å². The van der Waals surface area contributed by atoms with Crippen molar-refractivity contribution >= 4 is 15.9 Å². The van der Waals surface area contributed by atoms with Gasteiger partial charge in [0.1, 0.15) is 6.04 Å². The topological polar surface area (TPSA) is 64.9 Å². The molecule has 1 atom stereocenters. The van der Waals surface area contributed by atoms with E-state index in [0.717, 1.165) is 15.6 Å². The first-order chi connectivity index (χ1) is 9.74. The molecule has 0 saturated heterocycles. The van der Waals surface area contributed by atoms with Crippen LogP contribution in [0.2, 0.25) is 0 Å². The number of benzene rings is 2. The Morgan fingerprint density at radius 3 is 2.60 bits per heavy atom. The summed E-state index contributed by atoms with van der Waals surface area (Å²) in [6.07, 6.45) is 0. The van der Waals surface area contributed by atoms with E-state index in [2.05, 4.69) is 26.1 Å². The molecular formula is C15H12BrN3O. The fourth-order valence-electron chi connectivity index (χ4n) is 1.91. The van der Waals surface area contributed by atoms with Crippen LogP contribution in [0.1, 0.15) is 17.5 Å². The van der Waals surface area contributed by atoms with E-state index in [-0.39, 0.29) is 0 Å². The first-order valence-corrected chi connectivity index (χ1v) is 6.93. The van der Waals surface area contributed by atoms with Crippen LogP contribution in [0.25, 0.3) is 11.4 Å². The Labute approximate surface area is 124 Å². The van der Waals surface area contributed by atoms with E-state index < -0.39 is 6.04 Å². The number of hydrogen-bond donors (Lipinski definition) is 1. The van der Waals surface area contributed by atoms with Crippen molar-refractivity contribution in [2.75, 3.05) is 0 Å². The van der Waals surface area contributed by atoms with Crippen molar-refractivity contribution in [1.82, 2.24) is 10.1 Å². The van der Waals surface area contributed by atoms with Crippen molar-refractivity contribution in [2.24, 2.45) is 5.73 Å². The Balaban J connectivity index is 1.91. The van der Waals surface area contributed by atoms with Crippen LogP contribution in [0.15, 0.2) is 63.6 Å². The molecule has 0 unspecified atom stereocenters. The van der Waals surface area contributed by atoms with Crippen LogP contribution in [-0.4, -0.2) is 10.1 Å². The maximum absolute atomic E-state index is 6.13. The van der Waals surface area contributed by atoms with Crippen molar-refractivity contribution in [3.05, 3.63) is 70.5 Å². The average Bonchev–Trinajstić information content (AvgIpc) is 2.97. The molecule has 0 aliphatic carbocycles. The summed E-state index contributed by atoms with van der Waals surface area (Å²) < 4.78 is 6.24. The predicted octanol–water partition coefficient (Wildman–Crippen LogP) is 3.55. The van der Waals surface area contributed by atoms with Gasteiger partial charge >= 0.3 is 0 Å². The second kappa shape index (κ2) is 5.56. The van der Waals surface area contributed by atoms with Gasteiger partial charge in [-0.25, -0.2) is 0 Å². The van der Waals surface area contributed by atoms with E-state index in [0.29, 0.717) is 11.7 Å². The van der Waals surface area contributed by atoms with Crippen LogP contribution in [0.4, 0.5) is 0 Å². The van der Waals surface area contributed by atoms with Gasteiger partial charge in [0.15, 0.2) is 0 Å². The van der Waals surface area contributed by atoms with Crippen LogP contribution < -0.4 is 5.73 Å². The van der Waals surface area contributed by atoms with Gasteiger partial charge in [-0.05, 0) is 17.7 Å². The SMILES string of the molecule is N[C@@H](c1ccccc1)c1nc(-c2cccc(Br)c2)no1. The summed E-state index contributed by atoms with van der Waals surface area (Å²) in [6, 6.07) is 17.0. The molecule has 0 spiro atoms. The van der Waals surface area contributed by atoms with Crippen LogP contribution in [0, 0.1) is 0 Å². The molecule has 1 aromatic heterocycles. The van der Waals surface area contributed by atoms with Crippen molar-refractivity contribution in [1.29, 1.82) is 0 Å². The van der Waals surface area contributed by atoms with Crippen molar-refractivity contribution in [2.45, 2.75) is 6.04 Å². The molecule has 0 radical (unpaired) electrons. The molecule has 3 aromatic rings. The highest BCUT2D eigenvalue weighted by atomic mass is 79.9.